The first-order valence-electron chi connectivity index (χ1n) is 14.9. The van der Waals surface area contributed by atoms with Gasteiger partial charge in [0.1, 0.15) is 0 Å². The van der Waals surface area contributed by atoms with Crippen molar-refractivity contribution in [1.29, 1.82) is 0 Å². The van der Waals surface area contributed by atoms with Gasteiger partial charge in [0.25, 0.3) is 0 Å². The lowest BCUT2D eigenvalue weighted by molar-refractivity contribution is 0.282. The summed E-state index contributed by atoms with van der Waals surface area (Å²) in [5.41, 5.74) is 22.3. The summed E-state index contributed by atoms with van der Waals surface area (Å²) in [5.74, 6) is 0. The fourth-order valence-electron chi connectivity index (χ4n) is 6.35. The average molecular weight is 559 g/mol. The van der Waals surface area contributed by atoms with Crippen LogP contribution in [0.4, 0.5) is 5.69 Å². The Labute approximate surface area is 252 Å². The number of hydrogen-bond donors (Lipinski definition) is 2. The molecule has 3 heteroatoms. The summed E-state index contributed by atoms with van der Waals surface area (Å²) in [6, 6.07) is 27.2. The molecule has 0 atom stereocenters. The molecule has 4 aromatic carbocycles. The number of nitrogens with zero attached hydrogens (tertiary/aromatic N) is 1. The Morgan fingerprint density at radius 1 is 0.690 bits per heavy atom. The first kappa shape index (κ1) is 31.0. The number of aliphatic hydroxyl groups is 1. The van der Waals surface area contributed by atoms with E-state index < -0.39 is 0 Å². The third-order valence-corrected chi connectivity index (χ3v) is 8.38. The van der Waals surface area contributed by atoms with Gasteiger partial charge in [-0.05, 0) is 124 Å². The van der Waals surface area contributed by atoms with Crippen molar-refractivity contribution in [3.05, 3.63) is 129 Å². The smallest absolute Gasteiger partial charge is 0.0744 e. The number of aromatic nitrogens is 1. The minimum Gasteiger partial charge on any atom is -0.398 e. The zero-order valence-corrected chi connectivity index (χ0v) is 24.9. The summed E-state index contributed by atoms with van der Waals surface area (Å²) in [6.07, 6.45) is 7.62. The maximum Gasteiger partial charge on any atom is 0.0744 e. The van der Waals surface area contributed by atoms with Crippen molar-refractivity contribution in [2.75, 3.05) is 5.73 Å². The quantitative estimate of drug-likeness (QED) is 0.202. The molecule has 218 valence electrons. The summed E-state index contributed by atoms with van der Waals surface area (Å²) < 4.78 is 0. The predicted octanol–water partition coefficient (Wildman–Crippen LogP) is 9.20. The molecule has 0 aliphatic heterocycles. The van der Waals surface area contributed by atoms with Gasteiger partial charge >= 0.3 is 0 Å². The predicted molar refractivity (Wildman–Crippen MR) is 180 cm³/mol. The lowest BCUT2D eigenvalue weighted by atomic mass is 9.85. The van der Waals surface area contributed by atoms with Gasteiger partial charge in [-0.1, -0.05) is 73.2 Å². The van der Waals surface area contributed by atoms with E-state index in [0.717, 1.165) is 23.9 Å². The van der Waals surface area contributed by atoms with Crippen LogP contribution in [0.25, 0.3) is 22.2 Å². The first-order valence-corrected chi connectivity index (χ1v) is 14.9. The molecule has 3 nitrogen and oxygen atoms in total. The van der Waals surface area contributed by atoms with Crippen LogP contribution in [0.5, 0.6) is 0 Å². The molecule has 2 aliphatic carbocycles. The average Bonchev–Trinajstić information content (AvgIpc) is 2.97. The van der Waals surface area contributed by atoms with Crippen LogP contribution in [0.15, 0.2) is 78.9 Å². The van der Waals surface area contributed by atoms with Gasteiger partial charge in [-0.25, -0.2) is 4.98 Å². The number of nitrogen functional groups attached to an aromatic ring is 1. The monoisotopic (exact) mass is 558 g/mol. The Bertz CT molecular complexity index is 1680. The normalized spacial score (nSPS) is 12.8. The van der Waals surface area contributed by atoms with Crippen molar-refractivity contribution in [1.82, 2.24) is 4.98 Å². The second-order valence-electron chi connectivity index (χ2n) is 11.6. The number of anilines is 1. The van der Waals surface area contributed by atoms with E-state index in [1.54, 1.807) is 23.3 Å². The molecular formula is C39H46N2O. The highest BCUT2D eigenvalue weighted by Crippen LogP contribution is 2.36. The van der Waals surface area contributed by atoms with Crippen LogP contribution >= 0.6 is 0 Å². The molecule has 0 bridgehead atoms. The lowest BCUT2D eigenvalue weighted by Gasteiger charge is -2.22. The van der Waals surface area contributed by atoms with E-state index in [1.165, 1.54) is 75.7 Å². The van der Waals surface area contributed by atoms with Crippen LogP contribution in [0, 0.1) is 27.7 Å². The zero-order chi connectivity index (χ0) is 28.9. The van der Waals surface area contributed by atoms with Gasteiger partial charge in [-0.15, -0.1) is 0 Å². The number of fused-ring (bicyclic) bond motifs is 5. The number of hydrogen-bond acceptors (Lipinski definition) is 3. The maximum atomic E-state index is 8.64. The minimum absolute atomic E-state index is 0. The molecule has 0 unspecified atom stereocenters. The van der Waals surface area contributed by atoms with Crippen LogP contribution in [-0.2, 0) is 32.3 Å². The zero-order valence-electron chi connectivity index (χ0n) is 24.9. The van der Waals surface area contributed by atoms with Gasteiger partial charge in [0, 0.05) is 22.2 Å². The van der Waals surface area contributed by atoms with E-state index in [9.17, 15) is 0 Å². The second kappa shape index (κ2) is 13.8. The highest BCUT2D eigenvalue weighted by atomic mass is 16.3. The highest BCUT2D eigenvalue weighted by molar-refractivity contribution is 5.85. The largest absolute Gasteiger partial charge is 0.398 e. The Morgan fingerprint density at radius 2 is 1.36 bits per heavy atom. The molecule has 0 spiro atoms. The molecule has 1 aromatic heterocycles. The third kappa shape index (κ3) is 6.91. The van der Waals surface area contributed by atoms with E-state index >= 15 is 0 Å². The summed E-state index contributed by atoms with van der Waals surface area (Å²) in [7, 11) is 0. The number of nitrogens with two attached hydrogens (primary N) is 1. The van der Waals surface area contributed by atoms with E-state index in [-0.39, 0.29) is 14.0 Å². The Morgan fingerprint density at radius 3 is 2.10 bits per heavy atom. The molecule has 42 heavy (non-hydrogen) atoms. The topological polar surface area (TPSA) is 59.1 Å². The Balaban J connectivity index is 0.000000158. The highest BCUT2D eigenvalue weighted by Gasteiger charge is 2.20. The van der Waals surface area contributed by atoms with Gasteiger partial charge < -0.3 is 10.8 Å². The molecule has 0 saturated carbocycles. The van der Waals surface area contributed by atoms with Crippen molar-refractivity contribution in [3.63, 3.8) is 0 Å². The number of para-hydroxylation sites is 2. The summed E-state index contributed by atoms with van der Waals surface area (Å²) in [4.78, 5) is 4.94. The minimum atomic E-state index is 0. The third-order valence-electron chi connectivity index (χ3n) is 8.38. The molecule has 0 radical (unpaired) electrons. The van der Waals surface area contributed by atoms with E-state index in [0.29, 0.717) is 5.69 Å². The standard InChI is InChI=1S/C19H17N.C12H16.C7H9NO.CH4/c1-12-9-13(2)16-8-7-15-11-14-5-3-4-6-18(14)20-19(15)17(16)10-12;1-9-7-10(2)12-6-4-3-5-11(12)8-9;8-7-4-2-1-3-6(7)5-9;/h3-6,9-11H,7-8H2,1-2H3;7-8H,3-6H2,1-2H3;1-4,9H,5,8H2;1H4. The van der Waals surface area contributed by atoms with E-state index in [1.807, 2.05) is 12.1 Å². The van der Waals surface area contributed by atoms with Crippen molar-refractivity contribution >= 4 is 16.6 Å². The molecule has 0 saturated heterocycles. The van der Waals surface area contributed by atoms with Crippen molar-refractivity contribution in [3.8, 4) is 11.3 Å². The van der Waals surface area contributed by atoms with Crippen LogP contribution in [0.2, 0.25) is 0 Å². The second-order valence-corrected chi connectivity index (χ2v) is 11.6. The Hall–Kier alpha value is -3.95. The molecule has 3 N–H and O–H groups in total. The number of benzene rings is 4. The summed E-state index contributed by atoms with van der Waals surface area (Å²) in [5, 5.41) is 9.89. The molecule has 2 aliphatic rings. The van der Waals surface area contributed by atoms with Gasteiger partial charge in [-0.2, -0.15) is 0 Å². The molecule has 5 aromatic rings. The summed E-state index contributed by atoms with van der Waals surface area (Å²) in [6.45, 7) is 8.85. The Kier molecular flexibility index (Phi) is 10.2. The van der Waals surface area contributed by atoms with Gasteiger partial charge in [0.05, 0.1) is 17.8 Å². The van der Waals surface area contributed by atoms with Gasteiger partial charge in [-0.3, -0.25) is 0 Å². The number of pyridine rings is 1. The number of aliphatic hydroxyl groups excluding tert-OH is 1. The fourth-order valence-corrected chi connectivity index (χ4v) is 6.35. The fraction of sp³-hybridized carbons (Fsp3) is 0.308. The SMILES string of the molecule is C.Cc1cc(C)c2c(c1)-c1nc3ccccc3cc1CC2.Cc1cc(C)c2c(c1)CCCC2.Nc1ccccc1CO. The first-order chi connectivity index (χ1) is 19.8. The van der Waals surface area contributed by atoms with Crippen LogP contribution in [-0.4, -0.2) is 10.1 Å². The van der Waals surface area contributed by atoms with E-state index in [2.05, 4.69) is 82.3 Å². The van der Waals surface area contributed by atoms with Crippen molar-refractivity contribution in [2.45, 2.75) is 80.3 Å². The van der Waals surface area contributed by atoms with Crippen LogP contribution < -0.4 is 5.73 Å². The molecule has 0 amide bonds. The molecule has 1 heterocycles. The molecule has 0 fully saturated rings. The van der Waals surface area contributed by atoms with Crippen molar-refractivity contribution in [2.24, 2.45) is 0 Å². The van der Waals surface area contributed by atoms with Crippen molar-refractivity contribution < 1.29 is 5.11 Å². The number of aryl methyl sites for hydroxylation is 6. The number of rotatable bonds is 1. The summed E-state index contributed by atoms with van der Waals surface area (Å²) >= 11 is 0. The van der Waals surface area contributed by atoms with Gasteiger partial charge in [0.15, 0.2) is 0 Å². The van der Waals surface area contributed by atoms with Crippen LogP contribution in [0.3, 0.4) is 0 Å². The van der Waals surface area contributed by atoms with Gasteiger partial charge in [0.2, 0.25) is 0 Å². The molecule has 7 rings (SSSR count). The van der Waals surface area contributed by atoms with Crippen LogP contribution in [0.1, 0.15) is 70.3 Å². The molecular weight excluding hydrogens is 512 g/mol. The van der Waals surface area contributed by atoms with E-state index in [4.69, 9.17) is 15.8 Å². The maximum absolute atomic E-state index is 8.64. The lowest BCUT2D eigenvalue weighted by Crippen LogP contribution is -2.08.